The van der Waals surface area contributed by atoms with Gasteiger partial charge < -0.3 is 9.47 Å². The molecule has 4 nitrogen and oxygen atoms in total. The molecule has 5 fully saturated rings. The molecule has 28 heavy (non-hydrogen) atoms. The molecule has 0 atom stereocenters. The monoisotopic (exact) mass is 390 g/mol. The summed E-state index contributed by atoms with van der Waals surface area (Å²) >= 11 is 0. The molecule has 0 saturated heterocycles. The number of hydrogen-bond acceptors (Lipinski definition) is 4. The van der Waals surface area contributed by atoms with Gasteiger partial charge in [0, 0.05) is 12.2 Å². The molecule has 0 aromatic heterocycles. The molecule has 0 amide bonds. The second kappa shape index (κ2) is 8.84. The highest BCUT2D eigenvalue weighted by Crippen LogP contribution is 2.59. The molecule has 0 aromatic carbocycles. The van der Waals surface area contributed by atoms with Crippen LogP contribution in [0, 0.1) is 23.7 Å². The lowest BCUT2D eigenvalue weighted by atomic mass is 9.50. The molecule has 4 heteroatoms. The number of esters is 2. The summed E-state index contributed by atoms with van der Waals surface area (Å²) in [5.41, 5.74) is -0.399. The van der Waals surface area contributed by atoms with Crippen molar-refractivity contribution < 1.29 is 19.1 Å². The minimum absolute atomic E-state index is 0. The molecule has 0 unspecified atom stereocenters. The van der Waals surface area contributed by atoms with E-state index in [0.29, 0.717) is 11.8 Å². The van der Waals surface area contributed by atoms with Crippen molar-refractivity contribution >= 4 is 11.9 Å². The fourth-order valence-corrected chi connectivity index (χ4v) is 6.05. The second-order valence-corrected chi connectivity index (χ2v) is 9.40. The third-order valence-corrected chi connectivity index (χ3v) is 7.42. The van der Waals surface area contributed by atoms with Crippen molar-refractivity contribution in [3.05, 3.63) is 25.3 Å². The highest BCUT2D eigenvalue weighted by molar-refractivity contribution is 5.82. The van der Waals surface area contributed by atoms with Gasteiger partial charge in [0.25, 0.3) is 0 Å². The lowest BCUT2D eigenvalue weighted by molar-refractivity contribution is -0.198. The molecule has 5 rings (SSSR count). The van der Waals surface area contributed by atoms with E-state index in [9.17, 15) is 9.59 Å². The molecule has 5 saturated carbocycles. The van der Waals surface area contributed by atoms with E-state index in [2.05, 4.69) is 20.1 Å². The molecule has 0 spiro atoms. The van der Waals surface area contributed by atoms with Gasteiger partial charge in [0.05, 0.1) is 0 Å². The normalized spacial score (nSPS) is 36.4. The highest BCUT2D eigenvalue weighted by atomic mass is 16.6. The topological polar surface area (TPSA) is 52.6 Å². The maximum absolute atomic E-state index is 11.5. The maximum Gasteiger partial charge on any atom is 0.330 e. The quantitative estimate of drug-likeness (QED) is 0.462. The van der Waals surface area contributed by atoms with Crippen LogP contribution in [-0.2, 0) is 19.1 Å². The molecule has 4 bridgehead atoms. The average molecular weight is 391 g/mol. The highest BCUT2D eigenvalue weighted by Gasteiger charge is 2.56. The van der Waals surface area contributed by atoms with Crippen LogP contribution in [0.1, 0.15) is 79.1 Å². The summed E-state index contributed by atoms with van der Waals surface area (Å²) in [5, 5.41) is 0. The number of carbonyl (C=O) groups excluding carboxylic acids is 2. The van der Waals surface area contributed by atoms with Gasteiger partial charge in [0.15, 0.2) is 0 Å². The predicted octanol–water partition coefficient (Wildman–Crippen LogP) is 5.61. The van der Waals surface area contributed by atoms with Gasteiger partial charge in [-0.15, -0.1) is 0 Å². The first-order valence-corrected chi connectivity index (χ1v) is 10.5. The number of rotatable bonds is 4. The van der Waals surface area contributed by atoms with Crippen LogP contribution in [-0.4, -0.2) is 23.1 Å². The fraction of sp³-hybridized carbons (Fsp3) is 0.750. The Balaban J connectivity index is 0.000000208. The van der Waals surface area contributed by atoms with E-state index >= 15 is 0 Å². The van der Waals surface area contributed by atoms with Gasteiger partial charge in [-0.05, 0) is 95.3 Å². The van der Waals surface area contributed by atoms with Crippen LogP contribution in [0.3, 0.4) is 0 Å². The summed E-state index contributed by atoms with van der Waals surface area (Å²) in [6, 6.07) is 0. The van der Waals surface area contributed by atoms with E-state index in [0.717, 1.165) is 24.7 Å². The summed E-state index contributed by atoms with van der Waals surface area (Å²) in [7, 11) is 0. The van der Waals surface area contributed by atoms with Crippen LogP contribution in [0.25, 0.3) is 0 Å². The number of ether oxygens (including phenoxy) is 2. The number of hydrogen-bond donors (Lipinski definition) is 0. The SMILES string of the molecule is C.C=CC(=O)OC1(C)C2CC3CC(C2)CC1C3.C=CC(=O)OC1(C)CCCC1. The van der Waals surface area contributed by atoms with Crippen molar-refractivity contribution in [3.63, 3.8) is 0 Å². The molecule has 0 N–H and O–H groups in total. The Morgan fingerprint density at radius 1 is 0.821 bits per heavy atom. The third-order valence-electron chi connectivity index (χ3n) is 7.42. The van der Waals surface area contributed by atoms with Crippen LogP contribution >= 0.6 is 0 Å². The van der Waals surface area contributed by atoms with Gasteiger partial charge in [-0.1, -0.05) is 20.6 Å². The first-order valence-electron chi connectivity index (χ1n) is 10.5. The third kappa shape index (κ3) is 4.69. The van der Waals surface area contributed by atoms with E-state index in [-0.39, 0.29) is 30.6 Å². The zero-order chi connectivity index (χ0) is 19.7. The minimum atomic E-state index is -0.297. The summed E-state index contributed by atoms with van der Waals surface area (Å²) in [6.07, 6.45) is 13.4. The van der Waals surface area contributed by atoms with Gasteiger partial charge in [-0.25, -0.2) is 9.59 Å². The molecule has 0 radical (unpaired) electrons. The molecule has 0 heterocycles. The Kier molecular flexibility index (Phi) is 7.17. The maximum atomic E-state index is 11.5. The van der Waals surface area contributed by atoms with Crippen molar-refractivity contribution in [1.29, 1.82) is 0 Å². The van der Waals surface area contributed by atoms with Crippen molar-refractivity contribution in [1.82, 2.24) is 0 Å². The van der Waals surface area contributed by atoms with E-state index in [4.69, 9.17) is 9.47 Å². The van der Waals surface area contributed by atoms with Crippen LogP contribution in [0.4, 0.5) is 0 Å². The lowest BCUT2D eigenvalue weighted by Gasteiger charge is -2.58. The molecule has 5 aliphatic rings. The Morgan fingerprint density at radius 3 is 1.68 bits per heavy atom. The van der Waals surface area contributed by atoms with Crippen LogP contribution in [0.2, 0.25) is 0 Å². The molecule has 158 valence electrons. The average Bonchev–Trinajstić information content (AvgIpc) is 3.05. The summed E-state index contributed by atoms with van der Waals surface area (Å²) in [6.45, 7) is 11.0. The summed E-state index contributed by atoms with van der Waals surface area (Å²) in [5.74, 6) is 2.50. The molecule has 0 aromatic rings. The van der Waals surface area contributed by atoms with Gasteiger partial charge >= 0.3 is 11.9 Å². The van der Waals surface area contributed by atoms with Gasteiger partial charge in [0.1, 0.15) is 11.2 Å². The largest absolute Gasteiger partial charge is 0.456 e. The first kappa shape index (κ1) is 22.7. The predicted molar refractivity (Wildman–Crippen MR) is 112 cm³/mol. The standard InChI is InChI=1S/C14H20O2.C9H14O2.CH4/c1-3-13(15)16-14(2)11-5-9-4-10(7-11)8-12(14)6-9;1-3-8(10)11-9(2)6-4-5-7-9;/h3,9-12H,1,4-8H2,2H3;3H,1,4-7H2,2H3;1H4. The molecule has 0 aliphatic heterocycles. The Labute approximate surface area is 170 Å². The minimum Gasteiger partial charge on any atom is -0.456 e. The van der Waals surface area contributed by atoms with Crippen molar-refractivity contribution in [3.8, 4) is 0 Å². The zero-order valence-corrected chi connectivity index (χ0v) is 16.9. The van der Waals surface area contributed by atoms with Crippen molar-refractivity contribution in [2.24, 2.45) is 23.7 Å². The lowest BCUT2D eigenvalue weighted by Crippen LogP contribution is -2.57. The number of carbonyl (C=O) groups is 2. The zero-order valence-electron chi connectivity index (χ0n) is 16.9. The summed E-state index contributed by atoms with van der Waals surface area (Å²) in [4.78, 5) is 22.3. The van der Waals surface area contributed by atoms with E-state index in [1.165, 1.54) is 57.1 Å². The van der Waals surface area contributed by atoms with Crippen LogP contribution in [0.15, 0.2) is 25.3 Å². The smallest absolute Gasteiger partial charge is 0.330 e. The fourth-order valence-electron chi connectivity index (χ4n) is 6.05. The molecule has 5 aliphatic carbocycles. The van der Waals surface area contributed by atoms with Crippen LogP contribution < -0.4 is 0 Å². The Bertz CT molecular complexity index is 572. The van der Waals surface area contributed by atoms with E-state index in [1.54, 1.807) is 0 Å². The van der Waals surface area contributed by atoms with Gasteiger partial charge in [-0.3, -0.25) is 0 Å². The molecular weight excluding hydrogens is 352 g/mol. The van der Waals surface area contributed by atoms with Gasteiger partial charge in [-0.2, -0.15) is 0 Å². The molecular formula is C24H38O4. The Morgan fingerprint density at radius 2 is 1.25 bits per heavy atom. The Hall–Kier alpha value is -1.58. The van der Waals surface area contributed by atoms with E-state index < -0.39 is 0 Å². The summed E-state index contributed by atoms with van der Waals surface area (Å²) < 4.78 is 10.9. The van der Waals surface area contributed by atoms with Crippen molar-refractivity contribution in [2.75, 3.05) is 0 Å². The first-order chi connectivity index (χ1) is 12.8. The van der Waals surface area contributed by atoms with Gasteiger partial charge in [0.2, 0.25) is 0 Å². The van der Waals surface area contributed by atoms with Crippen molar-refractivity contribution in [2.45, 2.75) is 90.3 Å². The van der Waals surface area contributed by atoms with Crippen LogP contribution in [0.5, 0.6) is 0 Å². The second-order valence-electron chi connectivity index (χ2n) is 9.40. The van der Waals surface area contributed by atoms with E-state index in [1.807, 2.05) is 6.92 Å².